The van der Waals surface area contributed by atoms with Crippen LogP contribution in [0.3, 0.4) is 0 Å². The highest BCUT2D eigenvalue weighted by Crippen LogP contribution is 2.27. The predicted molar refractivity (Wildman–Crippen MR) is 81.7 cm³/mol. The molecule has 2 rings (SSSR count). The van der Waals surface area contributed by atoms with E-state index in [4.69, 9.17) is 0 Å². The molecule has 0 amide bonds. The Bertz CT molecular complexity index is 560. The molecule has 4 heteroatoms. The Morgan fingerprint density at radius 3 is 2.47 bits per heavy atom. The number of carboxylic acids is 1. The minimum atomic E-state index is -0.735. The van der Waals surface area contributed by atoms with Gasteiger partial charge in [0.15, 0.2) is 0 Å². The fourth-order valence-corrected chi connectivity index (χ4v) is 3.55. The molecule has 19 heavy (non-hydrogen) atoms. The smallest absolute Gasteiger partial charge is 0.307 e. The number of thiophene rings is 1. The molecule has 0 bridgehead atoms. The van der Waals surface area contributed by atoms with Gasteiger partial charge in [-0.05, 0) is 52.7 Å². The van der Waals surface area contributed by atoms with Gasteiger partial charge in [0, 0.05) is 9.35 Å². The van der Waals surface area contributed by atoms with E-state index in [0.717, 1.165) is 14.9 Å². The number of hydrogen-bond donors (Lipinski definition) is 1. The van der Waals surface area contributed by atoms with Gasteiger partial charge in [-0.15, -0.1) is 11.3 Å². The molecule has 1 atom stereocenters. The molecule has 1 heterocycles. The van der Waals surface area contributed by atoms with Gasteiger partial charge < -0.3 is 5.11 Å². The fourth-order valence-electron chi connectivity index (χ4n) is 1.95. The van der Waals surface area contributed by atoms with Crippen molar-refractivity contribution < 1.29 is 9.90 Å². The molecular weight excluding hydrogens is 324 g/mol. The van der Waals surface area contributed by atoms with Gasteiger partial charge in [0.05, 0.1) is 5.92 Å². The molecule has 0 aliphatic heterocycles. The van der Waals surface area contributed by atoms with Crippen molar-refractivity contribution >= 4 is 33.2 Å². The zero-order valence-electron chi connectivity index (χ0n) is 10.6. The Morgan fingerprint density at radius 1 is 1.26 bits per heavy atom. The third kappa shape index (κ3) is 3.91. The van der Waals surface area contributed by atoms with Crippen molar-refractivity contribution in [1.82, 2.24) is 0 Å². The lowest BCUT2D eigenvalue weighted by atomic mass is 9.95. The van der Waals surface area contributed by atoms with E-state index in [-0.39, 0.29) is 5.92 Å². The first-order valence-corrected chi connectivity index (χ1v) is 7.73. The van der Waals surface area contributed by atoms with Crippen LogP contribution in [0.4, 0.5) is 0 Å². The number of halogens is 1. The Labute approximate surface area is 125 Å². The number of carbonyl (C=O) groups is 1. The highest BCUT2D eigenvalue weighted by Gasteiger charge is 2.20. The van der Waals surface area contributed by atoms with E-state index in [9.17, 15) is 9.90 Å². The summed E-state index contributed by atoms with van der Waals surface area (Å²) in [5.41, 5.74) is 2.27. The molecule has 1 unspecified atom stereocenters. The quantitative estimate of drug-likeness (QED) is 0.882. The van der Waals surface area contributed by atoms with Crippen LogP contribution in [-0.4, -0.2) is 11.1 Å². The maximum Gasteiger partial charge on any atom is 0.307 e. The van der Waals surface area contributed by atoms with Crippen LogP contribution in [0.1, 0.15) is 16.0 Å². The van der Waals surface area contributed by atoms with Gasteiger partial charge in [0.1, 0.15) is 0 Å². The summed E-state index contributed by atoms with van der Waals surface area (Å²) in [6, 6.07) is 10.0. The summed E-state index contributed by atoms with van der Waals surface area (Å²) in [6.07, 6.45) is 1.14. The molecule has 0 aliphatic carbocycles. The van der Waals surface area contributed by atoms with Crippen molar-refractivity contribution in [3.8, 4) is 0 Å². The number of aliphatic carboxylic acids is 1. The summed E-state index contributed by atoms with van der Waals surface area (Å²) < 4.78 is 1.01. The number of aryl methyl sites for hydroxylation is 1. The molecule has 0 saturated carbocycles. The van der Waals surface area contributed by atoms with E-state index < -0.39 is 5.97 Å². The van der Waals surface area contributed by atoms with Crippen molar-refractivity contribution in [2.45, 2.75) is 19.8 Å². The average Bonchev–Trinajstić information content (AvgIpc) is 2.77. The highest BCUT2D eigenvalue weighted by atomic mass is 79.9. The summed E-state index contributed by atoms with van der Waals surface area (Å²) >= 11 is 5.05. The number of rotatable bonds is 5. The van der Waals surface area contributed by atoms with Gasteiger partial charge >= 0.3 is 5.97 Å². The number of carboxylic acid groups (broad SMARTS) is 1. The third-order valence-electron chi connectivity index (χ3n) is 3.07. The van der Waals surface area contributed by atoms with E-state index in [1.807, 2.05) is 42.6 Å². The lowest BCUT2D eigenvalue weighted by molar-refractivity contribution is -0.141. The Balaban J connectivity index is 2.10. The van der Waals surface area contributed by atoms with Gasteiger partial charge in [0.2, 0.25) is 0 Å². The summed E-state index contributed by atoms with van der Waals surface area (Å²) in [5, 5.41) is 11.3. The molecule has 0 aliphatic rings. The second kappa shape index (κ2) is 6.35. The van der Waals surface area contributed by atoms with E-state index >= 15 is 0 Å². The number of hydrogen-bond acceptors (Lipinski definition) is 2. The van der Waals surface area contributed by atoms with Gasteiger partial charge in [-0.3, -0.25) is 4.79 Å². The maximum absolute atomic E-state index is 11.4. The van der Waals surface area contributed by atoms with Crippen LogP contribution < -0.4 is 0 Å². The van der Waals surface area contributed by atoms with Crippen molar-refractivity contribution in [2.24, 2.45) is 5.92 Å². The standard InChI is InChI=1S/C15H15BrO2S/c1-10-2-4-11(5-3-10)8-12(15(17)18)9-14-13(16)6-7-19-14/h2-7,12H,8-9H2,1H3,(H,17,18). The molecule has 1 aromatic carbocycles. The predicted octanol–water partition coefficient (Wildman–Crippen LogP) is 4.31. The molecule has 0 fully saturated rings. The zero-order valence-corrected chi connectivity index (χ0v) is 13.0. The maximum atomic E-state index is 11.4. The molecule has 2 aromatic rings. The largest absolute Gasteiger partial charge is 0.481 e. The molecule has 1 aromatic heterocycles. The topological polar surface area (TPSA) is 37.3 Å². The first kappa shape index (κ1) is 14.3. The minimum absolute atomic E-state index is 0.377. The van der Waals surface area contributed by atoms with Gasteiger partial charge in [-0.1, -0.05) is 29.8 Å². The molecule has 0 saturated heterocycles. The summed E-state index contributed by atoms with van der Waals surface area (Å²) in [5.74, 6) is -1.11. The van der Waals surface area contributed by atoms with Crippen LogP contribution in [0, 0.1) is 12.8 Å². The van der Waals surface area contributed by atoms with E-state index in [1.165, 1.54) is 5.56 Å². The Kier molecular flexibility index (Phi) is 4.77. The molecular formula is C15H15BrO2S. The minimum Gasteiger partial charge on any atom is -0.481 e. The molecule has 1 N–H and O–H groups in total. The van der Waals surface area contributed by atoms with Crippen LogP contribution >= 0.6 is 27.3 Å². The van der Waals surface area contributed by atoms with Crippen molar-refractivity contribution in [1.29, 1.82) is 0 Å². The highest BCUT2D eigenvalue weighted by molar-refractivity contribution is 9.10. The lowest BCUT2D eigenvalue weighted by Crippen LogP contribution is -2.18. The molecule has 0 radical (unpaired) electrons. The van der Waals surface area contributed by atoms with Crippen LogP contribution in [0.25, 0.3) is 0 Å². The second-order valence-electron chi connectivity index (χ2n) is 4.62. The molecule has 100 valence electrons. The fraction of sp³-hybridized carbons (Fsp3) is 0.267. The van der Waals surface area contributed by atoms with Crippen LogP contribution in [0.15, 0.2) is 40.2 Å². The van der Waals surface area contributed by atoms with Crippen molar-refractivity contribution in [3.63, 3.8) is 0 Å². The molecule has 0 spiro atoms. The normalized spacial score (nSPS) is 12.3. The average molecular weight is 339 g/mol. The summed E-state index contributed by atoms with van der Waals surface area (Å²) in [7, 11) is 0. The Hall–Kier alpha value is -1.13. The van der Waals surface area contributed by atoms with Gasteiger partial charge in [-0.25, -0.2) is 0 Å². The number of benzene rings is 1. The summed E-state index contributed by atoms with van der Waals surface area (Å²) in [6.45, 7) is 2.03. The Morgan fingerprint density at radius 2 is 1.95 bits per heavy atom. The van der Waals surface area contributed by atoms with Crippen LogP contribution in [0.5, 0.6) is 0 Å². The van der Waals surface area contributed by atoms with Gasteiger partial charge in [0.25, 0.3) is 0 Å². The van der Waals surface area contributed by atoms with Gasteiger partial charge in [-0.2, -0.15) is 0 Å². The lowest BCUT2D eigenvalue weighted by Gasteiger charge is -2.12. The first-order chi connectivity index (χ1) is 9.06. The molecule has 2 nitrogen and oxygen atoms in total. The summed E-state index contributed by atoms with van der Waals surface area (Å²) in [4.78, 5) is 12.5. The van der Waals surface area contributed by atoms with Crippen LogP contribution in [0.2, 0.25) is 0 Å². The first-order valence-electron chi connectivity index (χ1n) is 6.06. The van der Waals surface area contributed by atoms with E-state index in [0.29, 0.717) is 12.8 Å². The van der Waals surface area contributed by atoms with E-state index in [1.54, 1.807) is 11.3 Å². The second-order valence-corrected chi connectivity index (χ2v) is 6.48. The zero-order chi connectivity index (χ0) is 13.8. The van der Waals surface area contributed by atoms with Crippen molar-refractivity contribution in [2.75, 3.05) is 0 Å². The van der Waals surface area contributed by atoms with Crippen molar-refractivity contribution in [3.05, 3.63) is 56.2 Å². The third-order valence-corrected chi connectivity index (χ3v) is 5.02. The van der Waals surface area contributed by atoms with Crippen LogP contribution in [-0.2, 0) is 17.6 Å². The van der Waals surface area contributed by atoms with E-state index in [2.05, 4.69) is 15.9 Å². The monoisotopic (exact) mass is 338 g/mol. The SMILES string of the molecule is Cc1ccc(CC(Cc2sccc2Br)C(=O)O)cc1.